The SMILES string of the molecule is COc1cc(Cl)c(S(=O)(=O)NC2(CN3CCN(c4ccccc4)CC3)CC2)cc1C(=O)O. The summed E-state index contributed by atoms with van der Waals surface area (Å²) in [6, 6.07) is 12.5. The molecule has 10 heteroatoms. The number of piperazine rings is 1. The van der Waals surface area contributed by atoms with Crippen molar-refractivity contribution in [3.63, 3.8) is 0 Å². The van der Waals surface area contributed by atoms with E-state index in [0.29, 0.717) is 6.54 Å². The minimum atomic E-state index is -4.01. The normalized spacial score (nSPS) is 18.4. The number of halogens is 1. The van der Waals surface area contributed by atoms with Crippen LogP contribution in [0.4, 0.5) is 5.69 Å². The van der Waals surface area contributed by atoms with E-state index in [1.165, 1.54) is 18.9 Å². The van der Waals surface area contributed by atoms with Crippen LogP contribution < -0.4 is 14.4 Å². The van der Waals surface area contributed by atoms with Gasteiger partial charge in [-0.1, -0.05) is 29.8 Å². The van der Waals surface area contributed by atoms with Crippen molar-refractivity contribution in [2.24, 2.45) is 0 Å². The Labute approximate surface area is 192 Å². The molecule has 32 heavy (non-hydrogen) atoms. The molecule has 2 N–H and O–H groups in total. The van der Waals surface area contributed by atoms with Gasteiger partial charge in [0.25, 0.3) is 0 Å². The smallest absolute Gasteiger partial charge is 0.339 e. The maximum atomic E-state index is 13.1. The van der Waals surface area contributed by atoms with Crippen LogP contribution in [0.25, 0.3) is 0 Å². The standard InChI is InChI=1S/C22H26ClN3O5S/c1-31-19-14-18(23)20(13-17(19)21(27)28)32(29,30)24-22(7-8-22)15-25-9-11-26(12-10-25)16-5-3-2-4-6-16/h2-6,13-14,24H,7-12,15H2,1H3,(H,27,28). The summed E-state index contributed by atoms with van der Waals surface area (Å²) >= 11 is 6.18. The predicted molar refractivity (Wildman–Crippen MR) is 122 cm³/mol. The van der Waals surface area contributed by atoms with E-state index >= 15 is 0 Å². The lowest BCUT2D eigenvalue weighted by atomic mass is 10.2. The lowest BCUT2D eigenvalue weighted by Crippen LogP contribution is -2.52. The summed E-state index contributed by atoms with van der Waals surface area (Å²) in [6.45, 7) is 4.03. The number of rotatable bonds is 8. The van der Waals surface area contributed by atoms with Gasteiger partial charge in [0.1, 0.15) is 16.2 Å². The zero-order chi connectivity index (χ0) is 22.9. The molecular formula is C22H26ClN3O5S. The highest BCUT2D eigenvalue weighted by Gasteiger charge is 2.47. The number of methoxy groups -OCH3 is 1. The van der Waals surface area contributed by atoms with E-state index in [-0.39, 0.29) is 21.2 Å². The molecule has 1 saturated heterocycles. The third-order valence-electron chi connectivity index (χ3n) is 6.00. The van der Waals surface area contributed by atoms with Crippen LogP contribution in [0.5, 0.6) is 5.75 Å². The Hall–Kier alpha value is -2.33. The Morgan fingerprint density at radius 1 is 1.16 bits per heavy atom. The fourth-order valence-electron chi connectivity index (χ4n) is 4.09. The van der Waals surface area contributed by atoms with Crippen molar-refractivity contribution in [2.75, 3.05) is 44.7 Å². The van der Waals surface area contributed by atoms with Crippen LogP contribution in [-0.4, -0.2) is 69.8 Å². The van der Waals surface area contributed by atoms with Crippen molar-refractivity contribution in [3.05, 3.63) is 53.1 Å². The van der Waals surface area contributed by atoms with Crippen LogP contribution in [0.3, 0.4) is 0 Å². The second kappa shape index (κ2) is 8.90. The summed E-state index contributed by atoms with van der Waals surface area (Å²) in [7, 11) is -2.70. The van der Waals surface area contributed by atoms with E-state index in [9.17, 15) is 18.3 Å². The Balaban J connectivity index is 1.44. The summed E-state index contributed by atoms with van der Waals surface area (Å²) in [4.78, 5) is 15.9. The highest BCUT2D eigenvalue weighted by atomic mass is 35.5. The average molecular weight is 480 g/mol. The Kier molecular flexibility index (Phi) is 6.35. The molecule has 0 bridgehead atoms. The first-order valence-electron chi connectivity index (χ1n) is 10.4. The number of anilines is 1. The van der Waals surface area contributed by atoms with E-state index in [2.05, 4.69) is 26.7 Å². The number of benzene rings is 2. The average Bonchev–Trinajstić information content (AvgIpc) is 3.52. The first-order chi connectivity index (χ1) is 15.2. The molecule has 0 unspecified atom stereocenters. The van der Waals surface area contributed by atoms with Crippen LogP contribution in [0.1, 0.15) is 23.2 Å². The number of hydrogen-bond acceptors (Lipinski definition) is 6. The first kappa shape index (κ1) is 22.8. The maximum absolute atomic E-state index is 13.1. The third-order valence-corrected chi connectivity index (χ3v) is 8.04. The van der Waals surface area contributed by atoms with Gasteiger partial charge in [0.15, 0.2) is 0 Å². The number of para-hydroxylation sites is 1. The largest absolute Gasteiger partial charge is 0.496 e. The number of carboxylic acids is 1. The van der Waals surface area contributed by atoms with Crippen molar-refractivity contribution in [2.45, 2.75) is 23.3 Å². The van der Waals surface area contributed by atoms with Gasteiger partial charge in [-0.3, -0.25) is 4.90 Å². The molecule has 2 aromatic rings. The third kappa shape index (κ3) is 4.85. The summed E-state index contributed by atoms with van der Waals surface area (Å²) in [5, 5.41) is 9.32. The van der Waals surface area contributed by atoms with Gasteiger partial charge in [-0.15, -0.1) is 0 Å². The number of ether oxygens (including phenoxy) is 1. The van der Waals surface area contributed by atoms with Gasteiger partial charge in [-0.05, 0) is 31.0 Å². The minimum Gasteiger partial charge on any atom is -0.496 e. The number of carboxylic acid groups (broad SMARTS) is 1. The van der Waals surface area contributed by atoms with Gasteiger partial charge in [0.2, 0.25) is 10.0 Å². The lowest BCUT2D eigenvalue weighted by Gasteiger charge is -2.37. The fraction of sp³-hybridized carbons (Fsp3) is 0.409. The van der Waals surface area contributed by atoms with Crippen LogP contribution in [0, 0.1) is 0 Å². The topological polar surface area (TPSA) is 99.2 Å². The minimum absolute atomic E-state index is 0.0128. The molecular weight excluding hydrogens is 454 g/mol. The van der Waals surface area contributed by atoms with Gasteiger partial charge in [0, 0.05) is 50.0 Å². The lowest BCUT2D eigenvalue weighted by molar-refractivity contribution is 0.0693. The highest BCUT2D eigenvalue weighted by molar-refractivity contribution is 7.89. The van der Waals surface area contributed by atoms with Gasteiger partial charge >= 0.3 is 5.97 Å². The number of aromatic carboxylic acids is 1. The Bertz CT molecular complexity index is 1100. The molecule has 1 aliphatic heterocycles. The second-order valence-electron chi connectivity index (χ2n) is 8.27. The van der Waals surface area contributed by atoms with Crippen LogP contribution in [0.15, 0.2) is 47.4 Å². The van der Waals surface area contributed by atoms with Crippen molar-refractivity contribution in [3.8, 4) is 5.75 Å². The fourth-order valence-corrected chi connectivity index (χ4v) is 6.09. The van der Waals surface area contributed by atoms with Gasteiger partial charge in [0.05, 0.1) is 12.1 Å². The predicted octanol–water partition coefficient (Wildman–Crippen LogP) is 2.68. The quantitative estimate of drug-likeness (QED) is 0.600. The van der Waals surface area contributed by atoms with E-state index in [1.807, 2.05) is 18.2 Å². The number of nitrogens with zero attached hydrogens (tertiary/aromatic N) is 2. The number of sulfonamides is 1. The molecule has 0 radical (unpaired) electrons. The molecule has 0 spiro atoms. The molecule has 0 aromatic heterocycles. The summed E-state index contributed by atoms with van der Waals surface area (Å²) in [6.07, 6.45) is 1.45. The molecule has 1 aliphatic carbocycles. The van der Waals surface area contributed by atoms with E-state index in [0.717, 1.165) is 45.1 Å². The highest BCUT2D eigenvalue weighted by Crippen LogP contribution is 2.39. The monoisotopic (exact) mass is 479 g/mol. The molecule has 1 heterocycles. The molecule has 0 atom stereocenters. The maximum Gasteiger partial charge on any atom is 0.339 e. The summed E-state index contributed by atoms with van der Waals surface area (Å²) < 4.78 is 34.0. The molecule has 172 valence electrons. The van der Waals surface area contributed by atoms with Gasteiger partial charge in [-0.2, -0.15) is 0 Å². The number of hydrogen-bond donors (Lipinski definition) is 2. The van der Waals surface area contributed by atoms with Crippen molar-refractivity contribution < 1.29 is 23.1 Å². The first-order valence-corrected chi connectivity index (χ1v) is 12.3. The molecule has 2 aromatic carbocycles. The van der Waals surface area contributed by atoms with Gasteiger partial charge in [-0.25, -0.2) is 17.9 Å². The van der Waals surface area contributed by atoms with Crippen LogP contribution >= 0.6 is 11.6 Å². The molecule has 2 fully saturated rings. The van der Waals surface area contributed by atoms with E-state index < -0.39 is 21.5 Å². The van der Waals surface area contributed by atoms with Crippen molar-refractivity contribution in [1.29, 1.82) is 0 Å². The number of nitrogens with one attached hydrogen (secondary N) is 1. The molecule has 8 nitrogen and oxygen atoms in total. The van der Waals surface area contributed by atoms with Gasteiger partial charge < -0.3 is 14.7 Å². The molecule has 4 rings (SSSR count). The Morgan fingerprint density at radius 2 is 1.81 bits per heavy atom. The number of carbonyl (C=O) groups is 1. The molecule has 0 amide bonds. The zero-order valence-corrected chi connectivity index (χ0v) is 19.3. The van der Waals surface area contributed by atoms with Crippen LogP contribution in [-0.2, 0) is 10.0 Å². The molecule has 2 aliphatic rings. The summed E-state index contributed by atoms with van der Waals surface area (Å²) in [5.41, 5.74) is 0.386. The second-order valence-corrected chi connectivity index (χ2v) is 10.3. The van der Waals surface area contributed by atoms with Crippen LogP contribution in [0.2, 0.25) is 5.02 Å². The zero-order valence-electron chi connectivity index (χ0n) is 17.8. The summed E-state index contributed by atoms with van der Waals surface area (Å²) in [5.74, 6) is -1.27. The van der Waals surface area contributed by atoms with E-state index in [1.54, 1.807) is 0 Å². The van der Waals surface area contributed by atoms with Crippen molar-refractivity contribution >= 4 is 33.3 Å². The van der Waals surface area contributed by atoms with E-state index in [4.69, 9.17) is 16.3 Å². The molecule has 1 saturated carbocycles. The Morgan fingerprint density at radius 3 is 2.38 bits per heavy atom. The van der Waals surface area contributed by atoms with Crippen molar-refractivity contribution in [1.82, 2.24) is 9.62 Å².